The van der Waals surface area contributed by atoms with E-state index >= 15 is 0 Å². The molecule has 0 saturated heterocycles. The van der Waals surface area contributed by atoms with Gasteiger partial charge < -0.3 is 10.4 Å². The molecule has 0 amide bonds. The van der Waals surface area contributed by atoms with Crippen LogP contribution < -0.4 is 5.32 Å². The molecule has 2 aromatic rings. The molecule has 0 saturated carbocycles. The van der Waals surface area contributed by atoms with Gasteiger partial charge in [0.1, 0.15) is 0 Å². The number of carboxylic acid groups (broad SMARTS) is 1. The fourth-order valence-electron chi connectivity index (χ4n) is 1.87. The van der Waals surface area contributed by atoms with Crippen LogP contribution in [0.2, 0.25) is 0 Å². The number of rotatable bonds is 6. The van der Waals surface area contributed by atoms with Gasteiger partial charge in [0, 0.05) is 22.3 Å². The summed E-state index contributed by atoms with van der Waals surface area (Å²) in [5, 5.41) is 12.2. The third kappa shape index (κ3) is 4.19. The standard InChI is InChI=1S/C15H17NO2S/c1-11(12-5-3-2-4-6-12)16-10-14-8-7-13(19-14)9-15(17)18/h2-8,11,16H,9-10H2,1H3,(H,17,18)/t11-/m1/s1. The molecular formula is C15H17NO2S. The first kappa shape index (κ1) is 13.8. The minimum atomic E-state index is -0.779. The van der Waals surface area contributed by atoms with Crippen molar-refractivity contribution in [3.63, 3.8) is 0 Å². The lowest BCUT2D eigenvalue weighted by Crippen LogP contribution is -2.17. The van der Waals surface area contributed by atoms with E-state index in [0.717, 1.165) is 11.4 Å². The van der Waals surface area contributed by atoms with Crippen molar-refractivity contribution in [2.75, 3.05) is 0 Å². The maximum Gasteiger partial charge on any atom is 0.308 e. The first-order valence-electron chi connectivity index (χ1n) is 6.23. The molecule has 1 aromatic heterocycles. The summed E-state index contributed by atoms with van der Waals surface area (Å²) < 4.78 is 0. The van der Waals surface area contributed by atoms with Crippen LogP contribution in [0.1, 0.15) is 28.3 Å². The lowest BCUT2D eigenvalue weighted by atomic mass is 10.1. The van der Waals surface area contributed by atoms with Gasteiger partial charge >= 0.3 is 5.97 Å². The summed E-state index contributed by atoms with van der Waals surface area (Å²) in [6, 6.07) is 14.4. The van der Waals surface area contributed by atoms with Crippen molar-refractivity contribution in [2.24, 2.45) is 0 Å². The van der Waals surface area contributed by atoms with Gasteiger partial charge in [0.05, 0.1) is 6.42 Å². The van der Waals surface area contributed by atoms with Gasteiger partial charge in [-0.1, -0.05) is 30.3 Å². The third-order valence-corrected chi connectivity index (χ3v) is 4.01. The molecule has 0 aliphatic heterocycles. The molecule has 2 rings (SSSR count). The van der Waals surface area contributed by atoms with Gasteiger partial charge in [-0.2, -0.15) is 0 Å². The maximum absolute atomic E-state index is 10.6. The van der Waals surface area contributed by atoms with E-state index in [9.17, 15) is 4.79 Å². The molecule has 3 nitrogen and oxygen atoms in total. The molecule has 0 fully saturated rings. The normalized spacial score (nSPS) is 12.3. The number of hydrogen-bond donors (Lipinski definition) is 2. The Kier molecular flexibility index (Phi) is 4.71. The summed E-state index contributed by atoms with van der Waals surface area (Å²) in [6.45, 7) is 2.89. The largest absolute Gasteiger partial charge is 0.481 e. The first-order chi connectivity index (χ1) is 9.15. The number of benzene rings is 1. The number of aliphatic carboxylic acids is 1. The minimum Gasteiger partial charge on any atom is -0.481 e. The topological polar surface area (TPSA) is 49.3 Å². The number of carbonyl (C=O) groups is 1. The molecular weight excluding hydrogens is 258 g/mol. The van der Waals surface area contributed by atoms with Crippen LogP contribution in [0.25, 0.3) is 0 Å². The highest BCUT2D eigenvalue weighted by Gasteiger charge is 2.07. The Labute approximate surface area is 116 Å². The molecule has 1 heterocycles. The van der Waals surface area contributed by atoms with Crippen molar-refractivity contribution in [2.45, 2.75) is 25.9 Å². The number of hydrogen-bond acceptors (Lipinski definition) is 3. The van der Waals surface area contributed by atoms with E-state index in [1.807, 2.05) is 30.3 Å². The van der Waals surface area contributed by atoms with E-state index in [4.69, 9.17) is 5.11 Å². The Bertz CT molecular complexity index is 536. The fourth-order valence-corrected chi connectivity index (χ4v) is 2.83. The molecule has 2 N–H and O–H groups in total. The molecule has 0 aliphatic rings. The molecule has 0 aliphatic carbocycles. The number of thiophene rings is 1. The molecule has 0 radical (unpaired) electrons. The Hall–Kier alpha value is -1.65. The zero-order chi connectivity index (χ0) is 13.7. The van der Waals surface area contributed by atoms with Crippen molar-refractivity contribution in [3.05, 3.63) is 57.8 Å². The van der Waals surface area contributed by atoms with Crippen LogP contribution in [-0.2, 0) is 17.8 Å². The molecule has 0 spiro atoms. The van der Waals surface area contributed by atoms with Gasteiger partial charge in [-0.25, -0.2) is 0 Å². The van der Waals surface area contributed by atoms with Crippen molar-refractivity contribution < 1.29 is 9.90 Å². The summed E-state index contributed by atoms with van der Waals surface area (Å²) in [5.41, 5.74) is 1.25. The summed E-state index contributed by atoms with van der Waals surface area (Å²) in [4.78, 5) is 12.7. The summed E-state index contributed by atoms with van der Waals surface area (Å²) in [5.74, 6) is -0.779. The highest BCUT2D eigenvalue weighted by Crippen LogP contribution is 2.18. The molecule has 4 heteroatoms. The summed E-state index contributed by atoms with van der Waals surface area (Å²) in [7, 11) is 0. The number of carboxylic acids is 1. The molecule has 1 aromatic carbocycles. The second kappa shape index (κ2) is 6.50. The van der Waals surface area contributed by atoms with E-state index in [0.29, 0.717) is 0 Å². The van der Waals surface area contributed by atoms with E-state index in [2.05, 4.69) is 24.4 Å². The average molecular weight is 275 g/mol. The molecule has 19 heavy (non-hydrogen) atoms. The molecule has 100 valence electrons. The van der Waals surface area contributed by atoms with Gasteiger partial charge in [-0.3, -0.25) is 4.79 Å². The Morgan fingerprint density at radius 3 is 2.58 bits per heavy atom. The van der Waals surface area contributed by atoms with Crippen LogP contribution in [0.5, 0.6) is 0 Å². The second-order valence-electron chi connectivity index (χ2n) is 4.45. The lowest BCUT2D eigenvalue weighted by molar-refractivity contribution is -0.136. The van der Waals surface area contributed by atoms with Crippen LogP contribution in [0.4, 0.5) is 0 Å². The SMILES string of the molecule is C[C@@H](NCc1ccc(CC(=O)O)s1)c1ccccc1. The zero-order valence-electron chi connectivity index (χ0n) is 10.8. The highest BCUT2D eigenvalue weighted by molar-refractivity contribution is 7.12. The van der Waals surface area contributed by atoms with Crippen molar-refractivity contribution >= 4 is 17.3 Å². The Morgan fingerprint density at radius 1 is 1.21 bits per heavy atom. The predicted molar refractivity (Wildman–Crippen MR) is 77.4 cm³/mol. The fraction of sp³-hybridized carbons (Fsp3) is 0.267. The van der Waals surface area contributed by atoms with E-state index in [1.165, 1.54) is 10.4 Å². The van der Waals surface area contributed by atoms with Crippen LogP contribution >= 0.6 is 11.3 Å². The van der Waals surface area contributed by atoms with Crippen molar-refractivity contribution in [3.8, 4) is 0 Å². The van der Waals surface area contributed by atoms with Crippen molar-refractivity contribution in [1.29, 1.82) is 0 Å². The minimum absolute atomic E-state index is 0.110. The summed E-state index contributed by atoms with van der Waals surface area (Å²) >= 11 is 1.56. The monoisotopic (exact) mass is 275 g/mol. The van der Waals surface area contributed by atoms with Crippen LogP contribution in [0, 0.1) is 0 Å². The van der Waals surface area contributed by atoms with Crippen LogP contribution in [0.3, 0.4) is 0 Å². The Morgan fingerprint density at radius 2 is 1.89 bits per heavy atom. The third-order valence-electron chi connectivity index (χ3n) is 2.92. The smallest absolute Gasteiger partial charge is 0.308 e. The quantitative estimate of drug-likeness (QED) is 0.851. The van der Waals surface area contributed by atoms with Gasteiger partial charge in [0.25, 0.3) is 0 Å². The van der Waals surface area contributed by atoms with E-state index in [-0.39, 0.29) is 12.5 Å². The molecule has 0 bridgehead atoms. The van der Waals surface area contributed by atoms with Crippen LogP contribution in [-0.4, -0.2) is 11.1 Å². The summed E-state index contributed by atoms with van der Waals surface area (Å²) in [6.07, 6.45) is 0.110. The molecule has 0 unspecified atom stereocenters. The van der Waals surface area contributed by atoms with Gasteiger partial charge in [0.2, 0.25) is 0 Å². The Balaban J connectivity index is 1.88. The van der Waals surface area contributed by atoms with Gasteiger partial charge in [0.15, 0.2) is 0 Å². The highest BCUT2D eigenvalue weighted by atomic mass is 32.1. The van der Waals surface area contributed by atoms with E-state index in [1.54, 1.807) is 11.3 Å². The molecule has 1 atom stereocenters. The first-order valence-corrected chi connectivity index (χ1v) is 7.04. The van der Waals surface area contributed by atoms with Gasteiger partial charge in [-0.05, 0) is 24.6 Å². The zero-order valence-corrected chi connectivity index (χ0v) is 11.6. The second-order valence-corrected chi connectivity index (χ2v) is 5.70. The van der Waals surface area contributed by atoms with Crippen LogP contribution in [0.15, 0.2) is 42.5 Å². The lowest BCUT2D eigenvalue weighted by Gasteiger charge is -2.13. The van der Waals surface area contributed by atoms with E-state index < -0.39 is 5.97 Å². The average Bonchev–Trinajstić information content (AvgIpc) is 2.84. The van der Waals surface area contributed by atoms with Crippen molar-refractivity contribution in [1.82, 2.24) is 5.32 Å². The van der Waals surface area contributed by atoms with Gasteiger partial charge in [-0.15, -0.1) is 11.3 Å². The number of nitrogens with one attached hydrogen (secondary N) is 1. The predicted octanol–water partition coefficient (Wildman–Crippen LogP) is 3.23. The maximum atomic E-state index is 10.6.